The summed E-state index contributed by atoms with van der Waals surface area (Å²) in [7, 11) is 0. The number of benzene rings is 1. The summed E-state index contributed by atoms with van der Waals surface area (Å²) in [5.41, 5.74) is 1.92. The van der Waals surface area contributed by atoms with Gasteiger partial charge in [-0.2, -0.15) is 0 Å². The lowest BCUT2D eigenvalue weighted by Gasteiger charge is -2.14. The summed E-state index contributed by atoms with van der Waals surface area (Å²) in [6.45, 7) is 0. The van der Waals surface area contributed by atoms with Crippen LogP contribution in [0, 0.1) is 5.82 Å². The summed E-state index contributed by atoms with van der Waals surface area (Å²) < 4.78 is 13.6. The number of aliphatic hydroxyl groups is 1. The first kappa shape index (κ1) is 10.8. The van der Waals surface area contributed by atoms with Crippen LogP contribution in [0.3, 0.4) is 0 Å². The van der Waals surface area contributed by atoms with Crippen LogP contribution in [-0.2, 0) is 6.42 Å². The first-order valence-electron chi connectivity index (χ1n) is 4.81. The minimum Gasteiger partial charge on any atom is -0.388 e. The summed E-state index contributed by atoms with van der Waals surface area (Å²) in [5, 5.41) is 10.0. The van der Waals surface area contributed by atoms with Gasteiger partial charge >= 0.3 is 0 Å². The standard InChI is InChI=1S/C11H11BrFNO/c12-6-10(15)8-4-7-2-1-3-14-11(7)9(13)5-8/h3-5,10,15H,1-2,6H2. The molecule has 1 heterocycles. The molecule has 1 atom stereocenters. The molecule has 1 aliphatic heterocycles. The van der Waals surface area contributed by atoms with Crippen molar-refractivity contribution in [2.75, 3.05) is 5.33 Å². The largest absolute Gasteiger partial charge is 0.388 e. The fourth-order valence-corrected chi connectivity index (χ4v) is 2.05. The van der Waals surface area contributed by atoms with Gasteiger partial charge in [0, 0.05) is 11.5 Å². The van der Waals surface area contributed by atoms with Crippen molar-refractivity contribution in [2.45, 2.75) is 18.9 Å². The molecule has 2 nitrogen and oxygen atoms in total. The van der Waals surface area contributed by atoms with E-state index in [1.54, 1.807) is 6.21 Å². The van der Waals surface area contributed by atoms with Gasteiger partial charge < -0.3 is 5.11 Å². The monoisotopic (exact) mass is 271 g/mol. The van der Waals surface area contributed by atoms with Crippen molar-refractivity contribution in [1.29, 1.82) is 0 Å². The van der Waals surface area contributed by atoms with E-state index in [9.17, 15) is 9.50 Å². The van der Waals surface area contributed by atoms with Crippen LogP contribution in [0.5, 0.6) is 0 Å². The number of alkyl halides is 1. The number of hydrogen-bond donors (Lipinski definition) is 1. The van der Waals surface area contributed by atoms with Crippen molar-refractivity contribution in [2.24, 2.45) is 4.99 Å². The molecule has 0 fully saturated rings. The Balaban J connectivity index is 2.46. The number of nitrogens with zero attached hydrogens (tertiary/aromatic N) is 1. The van der Waals surface area contributed by atoms with Gasteiger partial charge in [0.2, 0.25) is 0 Å². The highest BCUT2D eigenvalue weighted by Gasteiger charge is 2.15. The third-order valence-corrected chi connectivity index (χ3v) is 3.07. The van der Waals surface area contributed by atoms with Crippen LogP contribution in [0.2, 0.25) is 0 Å². The van der Waals surface area contributed by atoms with Crippen molar-refractivity contribution in [1.82, 2.24) is 0 Å². The molecule has 1 unspecified atom stereocenters. The first-order valence-corrected chi connectivity index (χ1v) is 5.93. The van der Waals surface area contributed by atoms with Crippen LogP contribution in [-0.4, -0.2) is 16.7 Å². The van der Waals surface area contributed by atoms with E-state index < -0.39 is 6.10 Å². The number of aliphatic imine (C=N–C) groups is 1. The molecule has 0 saturated carbocycles. The Bertz CT molecular complexity index is 406. The predicted octanol–water partition coefficient (Wildman–Crippen LogP) is 2.90. The number of aryl methyl sites for hydroxylation is 1. The molecule has 2 rings (SSSR count). The van der Waals surface area contributed by atoms with Crippen LogP contribution in [0.25, 0.3) is 0 Å². The van der Waals surface area contributed by atoms with E-state index in [4.69, 9.17) is 0 Å². The van der Waals surface area contributed by atoms with E-state index in [1.807, 2.05) is 6.07 Å². The van der Waals surface area contributed by atoms with Crippen LogP contribution in [0.1, 0.15) is 23.7 Å². The quantitative estimate of drug-likeness (QED) is 0.825. The van der Waals surface area contributed by atoms with Crippen LogP contribution < -0.4 is 0 Å². The van der Waals surface area contributed by atoms with Crippen molar-refractivity contribution < 1.29 is 9.50 Å². The third kappa shape index (κ3) is 2.11. The lowest BCUT2D eigenvalue weighted by atomic mass is 10.00. The molecular weight excluding hydrogens is 261 g/mol. The number of halogens is 2. The van der Waals surface area contributed by atoms with Crippen LogP contribution in [0.15, 0.2) is 17.1 Å². The maximum atomic E-state index is 13.6. The summed E-state index contributed by atoms with van der Waals surface area (Å²) in [5.74, 6) is -0.349. The molecule has 0 spiro atoms. The highest BCUT2D eigenvalue weighted by Crippen LogP contribution is 2.30. The zero-order valence-electron chi connectivity index (χ0n) is 8.08. The highest BCUT2D eigenvalue weighted by molar-refractivity contribution is 9.09. The fraction of sp³-hybridized carbons (Fsp3) is 0.364. The zero-order valence-corrected chi connectivity index (χ0v) is 9.67. The van der Waals surface area contributed by atoms with Gasteiger partial charge in [-0.05, 0) is 30.0 Å². The smallest absolute Gasteiger partial charge is 0.149 e. The SMILES string of the molecule is OC(CBr)c1cc(F)c2c(c1)CCC=N2. The first-order chi connectivity index (χ1) is 7.22. The lowest BCUT2D eigenvalue weighted by Crippen LogP contribution is -2.03. The third-order valence-electron chi connectivity index (χ3n) is 2.46. The van der Waals surface area contributed by atoms with Gasteiger partial charge in [0.1, 0.15) is 11.5 Å². The average molecular weight is 272 g/mol. The Hall–Kier alpha value is -0.740. The summed E-state index contributed by atoms with van der Waals surface area (Å²) in [6, 6.07) is 3.19. The van der Waals surface area contributed by atoms with Gasteiger partial charge in [0.05, 0.1) is 6.10 Å². The molecule has 0 amide bonds. The summed E-state index contributed by atoms with van der Waals surface area (Å²) >= 11 is 3.17. The molecule has 0 radical (unpaired) electrons. The fourth-order valence-electron chi connectivity index (χ4n) is 1.67. The van der Waals surface area contributed by atoms with E-state index >= 15 is 0 Å². The zero-order chi connectivity index (χ0) is 10.8. The number of hydrogen-bond acceptors (Lipinski definition) is 2. The number of fused-ring (bicyclic) bond motifs is 1. The summed E-state index contributed by atoms with van der Waals surface area (Å²) in [4.78, 5) is 4.03. The van der Waals surface area contributed by atoms with Gasteiger partial charge in [-0.1, -0.05) is 22.0 Å². The van der Waals surface area contributed by atoms with Crippen molar-refractivity contribution in [3.8, 4) is 0 Å². The molecule has 0 aliphatic carbocycles. The van der Waals surface area contributed by atoms with Crippen molar-refractivity contribution in [3.63, 3.8) is 0 Å². The highest BCUT2D eigenvalue weighted by atomic mass is 79.9. The second kappa shape index (κ2) is 4.41. The molecule has 80 valence electrons. The van der Waals surface area contributed by atoms with Crippen LogP contribution in [0.4, 0.5) is 10.1 Å². The van der Waals surface area contributed by atoms with Gasteiger partial charge in [0.15, 0.2) is 0 Å². The predicted molar refractivity (Wildman–Crippen MR) is 61.6 cm³/mol. The second-order valence-electron chi connectivity index (χ2n) is 3.53. The van der Waals surface area contributed by atoms with Gasteiger partial charge in [-0.15, -0.1) is 0 Å². The minimum absolute atomic E-state index is 0.349. The molecule has 1 aliphatic rings. The molecule has 15 heavy (non-hydrogen) atoms. The average Bonchev–Trinajstić information content (AvgIpc) is 2.28. The van der Waals surface area contributed by atoms with Crippen LogP contribution >= 0.6 is 15.9 Å². The van der Waals surface area contributed by atoms with Crippen molar-refractivity contribution >= 4 is 27.8 Å². The number of aliphatic hydroxyl groups excluding tert-OH is 1. The Morgan fingerprint density at radius 2 is 2.33 bits per heavy atom. The molecule has 1 aromatic rings. The Morgan fingerprint density at radius 1 is 1.53 bits per heavy atom. The van der Waals surface area contributed by atoms with E-state index in [1.165, 1.54) is 6.07 Å². The minimum atomic E-state index is -0.657. The van der Waals surface area contributed by atoms with E-state index in [2.05, 4.69) is 20.9 Å². The summed E-state index contributed by atoms with van der Waals surface area (Å²) in [6.07, 6.45) is 2.70. The van der Waals surface area contributed by atoms with Gasteiger partial charge in [-0.3, -0.25) is 4.99 Å². The Morgan fingerprint density at radius 3 is 3.07 bits per heavy atom. The second-order valence-corrected chi connectivity index (χ2v) is 4.18. The van der Waals surface area contributed by atoms with Gasteiger partial charge in [0.25, 0.3) is 0 Å². The molecule has 0 bridgehead atoms. The molecule has 1 aromatic carbocycles. The molecule has 0 saturated heterocycles. The van der Waals surface area contributed by atoms with Crippen molar-refractivity contribution in [3.05, 3.63) is 29.1 Å². The topological polar surface area (TPSA) is 32.6 Å². The van der Waals surface area contributed by atoms with E-state index in [-0.39, 0.29) is 5.82 Å². The Kier molecular flexibility index (Phi) is 3.17. The molecule has 1 N–H and O–H groups in total. The number of rotatable bonds is 2. The van der Waals surface area contributed by atoms with Gasteiger partial charge in [-0.25, -0.2) is 4.39 Å². The van der Waals surface area contributed by atoms with E-state index in [0.29, 0.717) is 16.6 Å². The maximum absolute atomic E-state index is 13.6. The maximum Gasteiger partial charge on any atom is 0.149 e. The Labute approximate surface area is 96.0 Å². The van der Waals surface area contributed by atoms with E-state index in [0.717, 1.165) is 18.4 Å². The lowest BCUT2D eigenvalue weighted by molar-refractivity contribution is 0.205. The normalized spacial score (nSPS) is 16.2. The molecule has 0 aromatic heterocycles. The molecular formula is C11H11BrFNO. The molecule has 4 heteroatoms.